The number of nitrogens with zero attached hydrogens (tertiary/aromatic N) is 1. The predicted molar refractivity (Wildman–Crippen MR) is 73.7 cm³/mol. The van der Waals surface area contributed by atoms with Crippen LogP contribution in [0.5, 0.6) is 0 Å². The Morgan fingerprint density at radius 1 is 1.50 bits per heavy atom. The lowest BCUT2D eigenvalue weighted by Crippen LogP contribution is -2.50. The Balaban J connectivity index is 2.12. The highest BCUT2D eigenvalue weighted by Crippen LogP contribution is 2.23. The minimum atomic E-state index is -0.154. The summed E-state index contributed by atoms with van der Waals surface area (Å²) in [6, 6.07) is 8.41. The second-order valence-corrected chi connectivity index (χ2v) is 5.23. The highest BCUT2D eigenvalue weighted by Gasteiger charge is 2.25. The van der Waals surface area contributed by atoms with Gasteiger partial charge in [-0.1, -0.05) is 28.1 Å². The Hall–Kier alpha value is -0.950. The number of rotatable bonds is 3. The molecular formula is C12H17BrN4O. The predicted octanol–water partition coefficient (Wildman–Crippen LogP) is 0.385. The average Bonchev–Trinajstić information content (AvgIpc) is 2.40. The van der Waals surface area contributed by atoms with Gasteiger partial charge in [-0.25, -0.2) is 5.84 Å². The van der Waals surface area contributed by atoms with Crippen LogP contribution in [0.3, 0.4) is 0 Å². The third-order valence-corrected chi connectivity index (χ3v) is 3.65. The van der Waals surface area contributed by atoms with E-state index in [1.165, 1.54) is 5.56 Å². The zero-order chi connectivity index (χ0) is 13.0. The Labute approximate surface area is 115 Å². The van der Waals surface area contributed by atoms with E-state index in [4.69, 9.17) is 5.84 Å². The summed E-state index contributed by atoms with van der Waals surface area (Å²) in [6.07, 6.45) is 0. The van der Waals surface area contributed by atoms with Crippen molar-refractivity contribution in [1.82, 2.24) is 15.6 Å². The number of piperazine rings is 1. The molecule has 6 heteroatoms. The Bertz CT molecular complexity index is 409. The molecule has 0 bridgehead atoms. The summed E-state index contributed by atoms with van der Waals surface area (Å²) >= 11 is 3.43. The Kier molecular flexibility index (Phi) is 4.71. The van der Waals surface area contributed by atoms with Gasteiger partial charge in [0.2, 0.25) is 5.91 Å². The number of hydrazine groups is 1. The van der Waals surface area contributed by atoms with Gasteiger partial charge in [0.15, 0.2) is 0 Å². The van der Waals surface area contributed by atoms with E-state index >= 15 is 0 Å². The summed E-state index contributed by atoms with van der Waals surface area (Å²) < 4.78 is 1.06. The highest BCUT2D eigenvalue weighted by molar-refractivity contribution is 9.10. The molecule has 18 heavy (non-hydrogen) atoms. The first-order chi connectivity index (χ1) is 8.70. The fraction of sp³-hybridized carbons (Fsp3) is 0.417. The number of benzene rings is 1. The minimum Gasteiger partial charge on any atom is -0.314 e. The molecule has 5 nitrogen and oxygen atoms in total. The number of hydrogen-bond acceptors (Lipinski definition) is 4. The summed E-state index contributed by atoms with van der Waals surface area (Å²) in [4.78, 5) is 13.5. The third kappa shape index (κ3) is 3.29. The monoisotopic (exact) mass is 312 g/mol. The van der Waals surface area contributed by atoms with Gasteiger partial charge >= 0.3 is 0 Å². The zero-order valence-electron chi connectivity index (χ0n) is 10.0. The first-order valence-electron chi connectivity index (χ1n) is 5.90. The molecular weight excluding hydrogens is 296 g/mol. The second-order valence-electron chi connectivity index (χ2n) is 4.31. The number of carbonyl (C=O) groups excluding carboxylic acids is 1. The molecule has 0 aliphatic carbocycles. The maximum Gasteiger partial charge on any atom is 0.248 e. The standard InChI is InChI=1S/C12H17BrN4O/c13-10-3-1-9(2-4-10)11-7-15-5-6-17(11)8-12(18)16-14/h1-4,11,15H,5-8,14H2,(H,16,18). The fourth-order valence-corrected chi connectivity index (χ4v) is 2.44. The quantitative estimate of drug-likeness (QED) is 0.429. The van der Waals surface area contributed by atoms with Crippen molar-refractivity contribution < 1.29 is 4.79 Å². The first kappa shape index (κ1) is 13.5. The van der Waals surface area contributed by atoms with E-state index in [0.717, 1.165) is 24.1 Å². The molecule has 1 amide bonds. The van der Waals surface area contributed by atoms with Gasteiger partial charge in [-0.2, -0.15) is 0 Å². The largest absolute Gasteiger partial charge is 0.314 e. The summed E-state index contributed by atoms with van der Waals surface area (Å²) in [7, 11) is 0. The summed E-state index contributed by atoms with van der Waals surface area (Å²) in [5.41, 5.74) is 3.39. The van der Waals surface area contributed by atoms with Crippen LogP contribution in [-0.4, -0.2) is 37.0 Å². The van der Waals surface area contributed by atoms with Crippen molar-refractivity contribution >= 4 is 21.8 Å². The van der Waals surface area contributed by atoms with Crippen molar-refractivity contribution in [3.8, 4) is 0 Å². The normalized spacial score (nSPS) is 20.7. The number of carbonyl (C=O) groups is 1. The van der Waals surface area contributed by atoms with Gasteiger partial charge in [0.25, 0.3) is 0 Å². The minimum absolute atomic E-state index is 0.154. The van der Waals surface area contributed by atoms with Gasteiger partial charge in [0.1, 0.15) is 0 Å². The molecule has 1 unspecified atom stereocenters. The average molecular weight is 313 g/mol. The zero-order valence-corrected chi connectivity index (χ0v) is 11.6. The van der Waals surface area contributed by atoms with Crippen LogP contribution in [0.2, 0.25) is 0 Å². The molecule has 1 saturated heterocycles. The van der Waals surface area contributed by atoms with Crippen LogP contribution in [0.25, 0.3) is 0 Å². The molecule has 0 aromatic heterocycles. The molecule has 1 fully saturated rings. The van der Waals surface area contributed by atoms with Crippen molar-refractivity contribution in [3.05, 3.63) is 34.3 Å². The lowest BCUT2D eigenvalue weighted by Gasteiger charge is -2.35. The summed E-state index contributed by atoms with van der Waals surface area (Å²) in [5.74, 6) is 4.99. The van der Waals surface area contributed by atoms with E-state index in [-0.39, 0.29) is 11.9 Å². The van der Waals surface area contributed by atoms with Crippen molar-refractivity contribution in [1.29, 1.82) is 0 Å². The molecule has 1 aliphatic heterocycles. The number of nitrogens with two attached hydrogens (primary N) is 1. The van der Waals surface area contributed by atoms with Crippen LogP contribution in [0.1, 0.15) is 11.6 Å². The van der Waals surface area contributed by atoms with E-state index < -0.39 is 0 Å². The molecule has 1 aromatic carbocycles. The van der Waals surface area contributed by atoms with Crippen LogP contribution >= 0.6 is 15.9 Å². The molecule has 4 N–H and O–H groups in total. The lowest BCUT2D eigenvalue weighted by atomic mass is 10.0. The number of hydrogen-bond donors (Lipinski definition) is 3. The van der Waals surface area contributed by atoms with E-state index in [1.54, 1.807) is 0 Å². The van der Waals surface area contributed by atoms with Crippen LogP contribution in [0.4, 0.5) is 0 Å². The molecule has 1 aliphatic rings. The third-order valence-electron chi connectivity index (χ3n) is 3.12. The molecule has 1 atom stereocenters. The maximum atomic E-state index is 11.4. The van der Waals surface area contributed by atoms with Gasteiger partial charge in [0.05, 0.1) is 6.54 Å². The number of halogens is 1. The van der Waals surface area contributed by atoms with Gasteiger partial charge in [-0.15, -0.1) is 0 Å². The second kappa shape index (κ2) is 6.29. The van der Waals surface area contributed by atoms with E-state index in [0.29, 0.717) is 6.54 Å². The van der Waals surface area contributed by atoms with Crippen molar-refractivity contribution in [3.63, 3.8) is 0 Å². The SMILES string of the molecule is NNC(=O)CN1CCNCC1c1ccc(Br)cc1. The molecule has 1 aromatic rings. The maximum absolute atomic E-state index is 11.4. The Morgan fingerprint density at radius 3 is 2.89 bits per heavy atom. The van der Waals surface area contributed by atoms with Crippen LogP contribution in [-0.2, 0) is 4.79 Å². The molecule has 0 spiro atoms. The molecule has 1 heterocycles. The van der Waals surface area contributed by atoms with Crippen LogP contribution in [0, 0.1) is 0 Å². The first-order valence-corrected chi connectivity index (χ1v) is 6.69. The number of amides is 1. The van der Waals surface area contributed by atoms with Gasteiger partial charge in [-0.05, 0) is 17.7 Å². The molecule has 98 valence electrons. The molecule has 0 saturated carbocycles. The summed E-state index contributed by atoms with van der Waals surface area (Å²) in [5, 5.41) is 3.35. The van der Waals surface area contributed by atoms with Crippen LogP contribution < -0.4 is 16.6 Å². The van der Waals surface area contributed by atoms with Crippen molar-refractivity contribution in [2.45, 2.75) is 6.04 Å². The van der Waals surface area contributed by atoms with E-state index in [9.17, 15) is 4.79 Å². The highest BCUT2D eigenvalue weighted by atomic mass is 79.9. The molecule has 2 rings (SSSR count). The number of nitrogens with one attached hydrogen (secondary N) is 2. The molecule has 0 radical (unpaired) electrons. The van der Waals surface area contributed by atoms with E-state index in [1.807, 2.05) is 12.1 Å². The van der Waals surface area contributed by atoms with Gasteiger partial charge in [-0.3, -0.25) is 15.1 Å². The summed E-state index contributed by atoms with van der Waals surface area (Å²) in [6.45, 7) is 2.91. The van der Waals surface area contributed by atoms with E-state index in [2.05, 4.69) is 43.7 Å². The van der Waals surface area contributed by atoms with Gasteiger partial charge < -0.3 is 5.32 Å². The fourth-order valence-electron chi connectivity index (χ4n) is 2.18. The van der Waals surface area contributed by atoms with Crippen molar-refractivity contribution in [2.75, 3.05) is 26.2 Å². The lowest BCUT2D eigenvalue weighted by molar-refractivity contribution is -0.123. The van der Waals surface area contributed by atoms with Gasteiger partial charge in [0, 0.05) is 30.1 Å². The smallest absolute Gasteiger partial charge is 0.248 e. The Morgan fingerprint density at radius 2 is 2.22 bits per heavy atom. The van der Waals surface area contributed by atoms with Crippen LogP contribution in [0.15, 0.2) is 28.7 Å². The topological polar surface area (TPSA) is 70.4 Å². The van der Waals surface area contributed by atoms with Crippen molar-refractivity contribution in [2.24, 2.45) is 5.84 Å².